The normalized spacial score (nSPS) is 18.7. The molecule has 1 aliphatic heterocycles. The lowest BCUT2D eigenvalue weighted by Crippen LogP contribution is -2.48. The monoisotopic (exact) mass is 276 g/mol. The number of carbonyl (C=O) groups excluding carboxylic acids is 2. The Balaban J connectivity index is 2.27. The van der Waals surface area contributed by atoms with Gasteiger partial charge in [-0.15, -0.1) is 0 Å². The van der Waals surface area contributed by atoms with Gasteiger partial charge in [-0.3, -0.25) is 9.59 Å². The topological polar surface area (TPSA) is 59.5 Å². The van der Waals surface area contributed by atoms with Crippen molar-refractivity contribution in [2.24, 2.45) is 0 Å². The van der Waals surface area contributed by atoms with Crippen LogP contribution in [0.5, 0.6) is 5.88 Å². The number of aromatic nitrogens is 1. The molecule has 20 heavy (non-hydrogen) atoms. The second-order valence-electron chi connectivity index (χ2n) is 4.89. The standard InChI is InChI=1S/C15H20N2O3/c1-3-13(18)12-8-4-5-10-17(12)15(19)11-7-6-9-16-14(11)20-2/h6-7,9,12H,3-5,8,10H2,1-2H3. The Bertz CT molecular complexity index is 502. The molecule has 1 aromatic heterocycles. The summed E-state index contributed by atoms with van der Waals surface area (Å²) in [6.45, 7) is 2.46. The average molecular weight is 276 g/mol. The molecule has 5 nitrogen and oxygen atoms in total. The van der Waals surface area contributed by atoms with E-state index >= 15 is 0 Å². The largest absolute Gasteiger partial charge is 0.480 e. The molecular weight excluding hydrogens is 256 g/mol. The Labute approximate surface area is 118 Å². The van der Waals surface area contributed by atoms with Gasteiger partial charge in [-0.25, -0.2) is 4.98 Å². The zero-order chi connectivity index (χ0) is 14.5. The van der Waals surface area contributed by atoms with Gasteiger partial charge >= 0.3 is 0 Å². The van der Waals surface area contributed by atoms with E-state index in [9.17, 15) is 9.59 Å². The first-order valence-corrected chi connectivity index (χ1v) is 7.01. The zero-order valence-corrected chi connectivity index (χ0v) is 12.0. The average Bonchev–Trinajstić information content (AvgIpc) is 2.53. The molecule has 1 saturated heterocycles. The molecule has 0 bridgehead atoms. The highest BCUT2D eigenvalue weighted by Gasteiger charge is 2.32. The molecule has 1 amide bonds. The van der Waals surface area contributed by atoms with Crippen molar-refractivity contribution in [3.8, 4) is 5.88 Å². The van der Waals surface area contributed by atoms with E-state index < -0.39 is 0 Å². The van der Waals surface area contributed by atoms with Gasteiger partial charge in [-0.1, -0.05) is 6.92 Å². The summed E-state index contributed by atoms with van der Waals surface area (Å²) in [5.74, 6) is 0.271. The van der Waals surface area contributed by atoms with Crippen LogP contribution in [0.1, 0.15) is 43.0 Å². The van der Waals surface area contributed by atoms with Crippen molar-refractivity contribution >= 4 is 11.7 Å². The zero-order valence-electron chi connectivity index (χ0n) is 12.0. The molecule has 108 valence electrons. The molecule has 1 fully saturated rings. The molecular formula is C15H20N2O3. The van der Waals surface area contributed by atoms with Gasteiger partial charge in [-0.2, -0.15) is 0 Å². The van der Waals surface area contributed by atoms with Crippen molar-refractivity contribution in [1.29, 1.82) is 0 Å². The van der Waals surface area contributed by atoms with Gasteiger partial charge in [-0.05, 0) is 31.4 Å². The molecule has 0 saturated carbocycles. The Morgan fingerprint density at radius 3 is 2.95 bits per heavy atom. The maximum absolute atomic E-state index is 12.7. The Hall–Kier alpha value is -1.91. The molecule has 1 aliphatic rings. The van der Waals surface area contributed by atoms with Gasteiger partial charge in [0.1, 0.15) is 5.56 Å². The lowest BCUT2D eigenvalue weighted by molar-refractivity contribution is -0.124. The maximum Gasteiger partial charge on any atom is 0.259 e. The number of hydrogen-bond acceptors (Lipinski definition) is 4. The van der Waals surface area contributed by atoms with Crippen LogP contribution in [0.4, 0.5) is 0 Å². The van der Waals surface area contributed by atoms with Crippen LogP contribution in [-0.4, -0.2) is 41.3 Å². The van der Waals surface area contributed by atoms with Gasteiger partial charge in [0.05, 0.1) is 13.2 Å². The summed E-state index contributed by atoms with van der Waals surface area (Å²) in [6.07, 6.45) is 4.71. The highest BCUT2D eigenvalue weighted by Crippen LogP contribution is 2.24. The highest BCUT2D eigenvalue weighted by molar-refractivity contribution is 5.99. The van der Waals surface area contributed by atoms with E-state index in [1.54, 1.807) is 23.2 Å². The number of carbonyl (C=O) groups is 2. The molecule has 0 spiro atoms. The molecule has 1 aromatic rings. The van der Waals surface area contributed by atoms with Gasteiger partial charge in [0.15, 0.2) is 5.78 Å². The van der Waals surface area contributed by atoms with Crippen LogP contribution in [0.25, 0.3) is 0 Å². The van der Waals surface area contributed by atoms with E-state index in [1.807, 2.05) is 6.92 Å². The second kappa shape index (κ2) is 6.50. The number of nitrogens with zero attached hydrogens (tertiary/aromatic N) is 2. The first-order chi connectivity index (χ1) is 9.69. The fourth-order valence-electron chi connectivity index (χ4n) is 2.62. The summed E-state index contributed by atoms with van der Waals surface area (Å²) in [6, 6.07) is 3.10. The minimum Gasteiger partial charge on any atom is -0.480 e. The van der Waals surface area contributed by atoms with Crippen LogP contribution >= 0.6 is 0 Å². The third-order valence-electron chi connectivity index (χ3n) is 3.68. The molecule has 0 aromatic carbocycles. The maximum atomic E-state index is 12.7. The summed E-state index contributed by atoms with van der Waals surface area (Å²) < 4.78 is 5.14. The summed E-state index contributed by atoms with van der Waals surface area (Å²) in [7, 11) is 1.49. The molecule has 2 heterocycles. The third-order valence-corrected chi connectivity index (χ3v) is 3.68. The van der Waals surface area contributed by atoms with Crippen LogP contribution in [0, 0.1) is 0 Å². The number of amides is 1. The molecule has 0 aliphatic carbocycles. The van der Waals surface area contributed by atoms with Crippen molar-refractivity contribution in [2.45, 2.75) is 38.6 Å². The van der Waals surface area contributed by atoms with Gasteiger partial charge < -0.3 is 9.64 Å². The fourth-order valence-corrected chi connectivity index (χ4v) is 2.62. The first-order valence-electron chi connectivity index (χ1n) is 7.01. The number of rotatable bonds is 4. The van der Waals surface area contributed by atoms with Crippen LogP contribution in [0.2, 0.25) is 0 Å². The van der Waals surface area contributed by atoms with Crippen LogP contribution in [0.3, 0.4) is 0 Å². The van der Waals surface area contributed by atoms with E-state index in [0.29, 0.717) is 24.4 Å². The first kappa shape index (κ1) is 14.5. The number of likely N-dealkylation sites (tertiary alicyclic amines) is 1. The Kier molecular flexibility index (Phi) is 4.71. The number of ether oxygens (including phenoxy) is 1. The van der Waals surface area contributed by atoms with Crippen molar-refractivity contribution < 1.29 is 14.3 Å². The predicted octanol–water partition coefficient (Wildman–Crippen LogP) is 2.06. The van der Waals surface area contributed by atoms with Gasteiger partial charge in [0.25, 0.3) is 5.91 Å². The SMILES string of the molecule is CCC(=O)C1CCCCN1C(=O)c1cccnc1OC. The van der Waals surface area contributed by atoms with E-state index in [-0.39, 0.29) is 17.7 Å². The lowest BCUT2D eigenvalue weighted by atomic mass is 9.96. The van der Waals surface area contributed by atoms with Crippen molar-refractivity contribution in [3.05, 3.63) is 23.9 Å². The highest BCUT2D eigenvalue weighted by atomic mass is 16.5. The lowest BCUT2D eigenvalue weighted by Gasteiger charge is -2.34. The summed E-state index contributed by atoms with van der Waals surface area (Å²) in [5.41, 5.74) is 0.422. The minimum absolute atomic E-state index is 0.126. The Morgan fingerprint density at radius 2 is 2.25 bits per heavy atom. The Morgan fingerprint density at radius 1 is 1.45 bits per heavy atom. The second-order valence-corrected chi connectivity index (χ2v) is 4.89. The number of Topliss-reactive ketones (excluding diaryl/α,β-unsaturated/α-hetero) is 1. The van der Waals surface area contributed by atoms with E-state index in [0.717, 1.165) is 19.3 Å². The smallest absolute Gasteiger partial charge is 0.259 e. The third kappa shape index (κ3) is 2.81. The van der Waals surface area contributed by atoms with E-state index in [4.69, 9.17) is 4.74 Å². The fraction of sp³-hybridized carbons (Fsp3) is 0.533. The summed E-state index contributed by atoms with van der Waals surface area (Å²) in [4.78, 5) is 30.4. The van der Waals surface area contributed by atoms with E-state index in [2.05, 4.69) is 4.98 Å². The number of ketones is 1. The number of piperidine rings is 1. The number of pyridine rings is 1. The molecule has 1 atom stereocenters. The quantitative estimate of drug-likeness (QED) is 0.844. The van der Waals surface area contributed by atoms with Crippen molar-refractivity contribution in [2.75, 3.05) is 13.7 Å². The van der Waals surface area contributed by atoms with Gasteiger partial charge in [0, 0.05) is 19.2 Å². The number of hydrogen-bond donors (Lipinski definition) is 0. The van der Waals surface area contributed by atoms with Crippen molar-refractivity contribution in [3.63, 3.8) is 0 Å². The van der Waals surface area contributed by atoms with Crippen LogP contribution < -0.4 is 4.74 Å². The minimum atomic E-state index is -0.300. The molecule has 0 radical (unpaired) electrons. The number of methoxy groups -OCH3 is 1. The van der Waals surface area contributed by atoms with E-state index in [1.165, 1.54) is 7.11 Å². The van der Waals surface area contributed by atoms with Crippen LogP contribution in [0.15, 0.2) is 18.3 Å². The van der Waals surface area contributed by atoms with Gasteiger partial charge in [0.2, 0.25) is 5.88 Å². The summed E-state index contributed by atoms with van der Waals surface area (Å²) >= 11 is 0. The molecule has 1 unspecified atom stereocenters. The predicted molar refractivity (Wildman–Crippen MR) is 74.8 cm³/mol. The summed E-state index contributed by atoms with van der Waals surface area (Å²) in [5, 5.41) is 0. The van der Waals surface area contributed by atoms with Crippen LogP contribution in [-0.2, 0) is 4.79 Å². The molecule has 2 rings (SSSR count). The molecule has 5 heteroatoms. The molecule has 0 N–H and O–H groups in total. The van der Waals surface area contributed by atoms with Crippen molar-refractivity contribution in [1.82, 2.24) is 9.88 Å².